The third kappa shape index (κ3) is 3.77. The Balaban J connectivity index is 1.50. The highest BCUT2D eigenvalue weighted by molar-refractivity contribution is 7.93. The van der Waals surface area contributed by atoms with Crippen molar-refractivity contribution < 1.29 is 18.0 Å². The van der Waals surface area contributed by atoms with Gasteiger partial charge in [0.15, 0.2) is 14.6 Å². The van der Waals surface area contributed by atoms with Gasteiger partial charge in [0.25, 0.3) is 0 Å². The van der Waals surface area contributed by atoms with Gasteiger partial charge in [0.1, 0.15) is 0 Å². The molecule has 30 heavy (non-hydrogen) atoms. The summed E-state index contributed by atoms with van der Waals surface area (Å²) in [4.78, 5) is 27.9. The summed E-state index contributed by atoms with van der Waals surface area (Å²) < 4.78 is 26.1. The normalized spacial score (nSPS) is 22.1. The number of hydrogen-bond acceptors (Lipinski definition) is 4. The molecule has 1 N–H and O–H groups in total. The van der Waals surface area contributed by atoms with Crippen LogP contribution in [0.1, 0.15) is 62.5 Å². The number of sulfone groups is 1. The molecule has 0 radical (unpaired) electrons. The van der Waals surface area contributed by atoms with E-state index >= 15 is 0 Å². The number of nitrogens with zero attached hydrogens (tertiary/aromatic N) is 1. The summed E-state index contributed by atoms with van der Waals surface area (Å²) in [5, 5.41) is 3.06. The third-order valence-electron chi connectivity index (χ3n) is 7.04. The van der Waals surface area contributed by atoms with Crippen molar-refractivity contribution in [2.75, 3.05) is 13.1 Å². The molecule has 7 heteroatoms. The van der Waals surface area contributed by atoms with Crippen LogP contribution < -0.4 is 5.32 Å². The third-order valence-corrected chi connectivity index (χ3v) is 9.68. The van der Waals surface area contributed by atoms with Crippen LogP contribution in [0.5, 0.6) is 0 Å². The SMILES string of the molecule is Cc1ccc(C)c(S(=O)(=O)C2(C(=O)NC3CCN(C(=O)C4CC4)CC3)CCCC2)c1. The second-order valence-corrected chi connectivity index (χ2v) is 11.5. The van der Waals surface area contributed by atoms with Crippen LogP contribution >= 0.6 is 0 Å². The number of aryl methyl sites for hydroxylation is 2. The van der Waals surface area contributed by atoms with Crippen molar-refractivity contribution in [2.24, 2.45) is 5.92 Å². The van der Waals surface area contributed by atoms with Crippen molar-refractivity contribution in [3.63, 3.8) is 0 Å². The van der Waals surface area contributed by atoms with E-state index in [4.69, 9.17) is 0 Å². The minimum absolute atomic E-state index is 0.0768. The molecule has 0 unspecified atom stereocenters. The van der Waals surface area contributed by atoms with E-state index in [1.807, 2.05) is 24.0 Å². The summed E-state index contributed by atoms with van der Waals surface area (Å²) >= 11 is 0. The Morgan fingerprint density at radius 2 is 1.67 bits per heavy atom. The van der Waals surface area contributed by atoms with E-state index in [0.29, 0.717) is 44.3 Å². The van der Waals surface area contributed by atoms with Crippen LogP contribution in [-0.2, 0) is 19.4 Å². The van der Waals surface area contributed by atoms with Gasteiger partial charge in [-0.2, -0.15) is 0 Å². The van der Waals surface area contributed by atoms with E-state index in [-0.39, 0.29) is 28.7 Å². The molecule has 164 valence electrons. The number of carbonyl (C=O) groups is 2. The molecule has 1 heterocycles. The quantitative estimate of drug-likeness (QED) is 0.775. The molecule has 2 saturated carbocycles. The standard InChI is InChI=1S/C23H32N2O4S/c1-16-5-6-17(2)20(15-16)30(28,29)23(11-3-4-12-23)22(27)24-19-9-13-25(14-10-19)21(26)18-7-8-18/h5-6,15,18-19H,3-4,7-14H2,1-2H3,(H,24,27). The van der Waals surface area contributed by atoms with Gasteiger partial charge in [-0.15, -0.1) is 0 Å². The van der Waals surface area contributed by atoms with Crippen LogP contribution in [0.4, 0.5) is 0 Å². The molecule has 3 aliphatic rings. The molecule has 1 aromatic rings. The molecule has 1 aromatic carbocycles. The number of benzene rings is 1. The number of carbonyl (C=O) groups excluding carboxylic acids is 2. The fraction of sp³-hybridized carbons (Fsp3) is 0.652. The Kier molecular flexibility index (Phi) is 5.68. The lowest BCUT2D eigenvalue weighted by atomic mass is 10.0. The van der Waals surface area contributed by atoms with Crippen LogP contribution in [-0.4, -0.2) is 49.0 Å². The zero-order chi connectivity index (χ0) is 21.5. The highest BCUT2D eigenvalue weighted by Gasteiger charge is 2.53. The minimum atomic E-state index is -3.81. The van der Waals surface area contributed by atoms with Crippen molar-refractivity contribution in [3.8, 4) is 0 Å². The van der Waals surface area contributed by atoms with E-state index in [9.17, 15) is 18.0 Å². The van der Waals surface area contributed by atoms with Gasteiger partial charge in [0.05, 0.1) is 4.90 Å². The second kappa shape index (κ2) is 7.98. The molecular formula is C23H32N2O4S. The van der Waals surface area contributed by atoms with Crippen molar-refractivity contribution in [3.05, 3.63) is 29.3 Å². The number of likely N-dealkylation sites (tertiary alicyclic amines) is 1. The maximum Gasteiger partial charge on any atom is 0.242 e. The van der Waals surface area contributed by atoms with Gasteiger partial charge in [-0.25, -0.2) is 8.42 Å². The smallest absolute Gasteiger partial charge is 0.242 e. The van der Waals surface area contributed by atoms with Crippen LogP contribution in [0.15, 0.2) is 23.1 Å². The summed E-state index contributed by atoms with van der Waals surface area (Å²) in [6, 6.07) is 5.33. The first-order chi connectivity index (χ1) is 14.2. The van der Waals surface area contributed by atoms with E-state index in [0.717, 1.165) is 31.2 Å². The first-order valence-corrected chi connectivity index (χ1v) is 12.6. The lowest BCUT2D eigenvalue weighted by Crippen LogP contribution is -2.55. The Hall–Kier alpha value is -1.89. The van der Waals surface area contributed by atoms with Gasteiger partial charge in [-0.05, 0) is 69.6 Å². The fourth-order valence-corrected chi connectivity index (χ4v) is 7.30. The summed E-state index contributed by atoms with van der Waals surface area (Å²) in [5.74, 6) is 0.0954. The number of nitrogens with one attached hydrogen (secondary N) is 1. The number of rotatable bonds is 5. The molecule has 3 fully saturated rings. The Labute approximate surface area is 179 Å². The maximum atomic E-state index is 13.7. The Bertz CT molecular complexity index is 938. The van der Waals surface area contributed by atoms with E-state index in [1.54, 1.807) is 13.0 Å². The van der Waals surface area contributed by atoms with Gasteiger partial charge in [-0.3, -0.25) is 9.59 Å². The zero-order valence-electron chi connectivity index (χ0n) is 17.9. The number of hydrogen-bond donors (Lipinski definition) is 1. The molecule has 1 saturated heterocycles. The van der Waals surface area contributed by atoms with Crippen LogP contribution in [0.3, 0.4) is 0 Å². The van der Waals surface area contributed by atoms with Gasteiger partial charge in [0.2, 0.25) is 11.8 Å². The monoisotopic (exact) mass is 432 g/mol. The van der Waals surface area contributed by atoms with Gasteiger partial charge in [0, 0.05) is 25.0 Å². The average molecular weight is 433 g/mol. The lowest BCUT2D eigenvalue weighted by molar-refractivity contribution is -0.133. The molecule has 2 aliphatic carbocycles. The maximum absolute atomic E-state index is 13.7. The second-order valence-electron chi connectivity index (χ2n) is 9.32. The molecule has 0 atom stereocenters. The van der Waals surface area contributed by atoms with Crippen molar-refractivity contribution in [1.82, 2.24) is 10.2 Å². The molecular weight excluding hydrogens is 400 g/mol. The molecule has 1 aliphatic heterocycles. The largest absolute Gasteiger partial charge is 0.352 e. The number of piperidine rings is 1. The predicted molar refractivity (Wildman–Crippen MR) is 115 cm³/mol. The van der Waals surface area contributed by atoms with Gasteiger partial charge in [-0.1, -0.05) is 25.0 Å². The van der Waals surface area contributed by atoms with Crippen molar-refractivity contribution in [2.45, 2.75) is 80.9 Å². The highest BCUT2D eigenvalue weighted by Crippen LogP contribution is 2.42. The Morgan fingerprint density at radius 1 is 1.03 bits per heavy atom. The van der Waals surface area contributed by atoms with Crippen molar-refractivity contribution >= 4 is 21.7 Å². The summed E-state index contributed by atoms with van der Waals surface area (Å²) in [7, 11) is -3.81. The van der Waals surface area contributed by atoms with E-state index in [2.05, 4.69) is 5.32 Å². The fourth-order valence-electron chi connectivity index (χ4n) is 4.92. The lowest BCUT2D eigenvalue weighted by Gasteiger charge is -2.35. The summed E-state index contributed by atoms with van der Waals surface area (Å²) in [5.41, 5.74) is 1.56. The predicted octanol–water partition coefficient (Wildman–Crippen LogP) is 2.91. The van der Waals surface area contributed by atoms with Gasteiger partial charge >= 0.3 is 0 Å². The molecule has 0 aromatic heterocycles. The first kappa shape index (κ1) is 21.3. The van der Waals surface area contributed by atoms with Crippen LogP contribution in [0, 0.1) is 19.8 Å². The van der Waals surface area contributed by atoms with Crippen LogP contribution in [0.25, 0.3) is 0 Å². The van der Waals surface area contributed by atoms with Crippen LogP contribution in [0.2, 0.25) is 0 Å². The molecule has 6 nitrogen and oxygen atoms in total. The molecule has 0 spiro atoms. The zero-order valence-corrected chi connectivity index (χ0v) is 18.8. The van der Waals surface area contributed by atoms with Gasteiger partial charge < -0.3 is 10.2 Å². The summed E-state index contributed by atoms with van der Waals surface area (Å²) in [6.07, 6.45) is 5.58. The minimum Gasteiger partial charge on any atom is -0.352 e. The topological polar surface area (TPSA) is 83.6 Å². The molecule has 4 rings (SSSR count). The average Bonchev–Trinajstić information content (AvgIpc) is 3.45. The van der Waals surface area contributed by atoms with E-state index in [1.165, 1.54) is 0 Å². The highest BCUT2D eigenvalue weighted by atomic mass is 32.2. The van der Waals surface area contributed by atoms with Crippen molar-refractivity contribution in [1.29, 1.82) is 0 Å². The molecule has 0 bridgehead atoms. The molecule has 2 amide bonds. The Morgan fingerprint density at radius 3 is 2.27 bits per heavy atom. The van der Waals surface area contributed by atoms with E-state index < -0.39 is 14.6 Å². The summed E-state index contributed by atoms with van der Waals surface area (Å²) in [6.45, 7) is 4.93. The first-order valence-electron chi connectivity index (χ1n) is 11.2. The number of amides is 2.